The zero-order chi connectivity index (χ0) is 28.4. The number of pyridine rings is 2. The summed E-state index contributed by atoms with van der Waals surface area (Å²) in [4.78, 5) is 21.6. The molecule has 2 atom stereocenters. The molecule has 0 saturated heterocycles. The van der Waals surface area contributed by atoms with Gasteiger partial charge in [-0.05, 0) is 65.6 Å². The van der Waals surface area contributed by atoms with Gasteiger partial charge in [0.25, 0.3) is 5.91 Å². The van der Waals surface area contributed by atoms with Crippen LogP contribution in [0, 0.1) is 5.82 Å². The zero-order valence-corrected chi connectivity index (χ0v) is 21.2. The van der Waals surface area contributed by atoms with Gasteiger partial charge < -0.3 is 10.4 Å². The molecule has 5 rings (SSSR count). The Balaban J connectivity index is 1.25. The maximum Gasteiger partial charge on any atom is 0.419 e. The molecule has 0 aliphatic carbocycles. The van der Waals surface area contributed by atoms with Crippen LogP contribution in [0.1, 0.15) is 35.8 Å². The number of rotatable bonds is 6. The van der Waals surface area contributed by atoms with Crippen LogP contribution in [-0.4, -0.2) is 21.0 Å². The molecule has 2 N–H and O–H groups in total. The Hall–Kier alpha value is -4.63. The minimum atomic E-state index is -4.80. The van der Waals surface area contributed by atoms with E-state index in [9.17, 15) is 27.5 Å². The lowest BCUT2D eigenvalue weighted by Crippen LogP contribution is -2.31. The van der Waals surface area contributed by atoms with Crippen molar-refractivity contribution in [3.63, 3.8) is 0 Å². The van der Waals surface area contributed by atoms with Gasteiger partial charge >= 0.3 is 6.18 Å². The van der Waals surface area contributed by atoms with Crippen molar-refractivity contribution < 1.29 is 27.5 Å². The molecule has 0 bridgehead atoms. The monoisotopic (exact) mass is 545 g/mol. The predicted octanol–water partition coefficient (Wildman–Crippen LogP) is 7.03. The Bertz CT molecular complexity index is 1670. The van der Waals surface area contributed by atoms with Gasteiger partial charge in [0.15, 0.2) is 11.8 Å². The second-order valence-corrected chi connectivity index (χ2v) is 9.32. The first kappa shape index (κ1) is 27.0. The van der Waals surface area contributed by atoms with E-state index < -0.39 is 35.6 Å². The third kappa shape index (κ3) is 5.69. The quantitative estimate of drug-likeness (QED) is 0.225. The second kappa shape index (κ2) is 10.9. The molecule has 0 aliphatic rings. The van der Waals surface area contributed by atoms with Crippen molar-refractivity contribution >= 4 is 16.9 Å². The normalized spacial score (nSPS) is 13.2. The van der Waals surface area contributed by atoms with Gasteiger partial charge in [0.1, 0.15) is 5.82 Å². The number of halogens is 4. The Morgan fingerprint density at radius 2 is 1.50 bits per heavy atom. The van der Waals surface area contributed by atoms with Crippen molar-refractivity contribution in [3.05, 3.63) is 120 Å². The third-order valence-corrected chi connectivity index (χ3v) is 6.61. The molecule has 2 aromatic heterocycles. The largest absolute Gasteiger partial charge is 0.419 e. The maximum absolute atomic E-state index is 13.6. The summed E-state index contributed by atoms with van der Waals surface area (Å²) < 4.78 is 52.8. The number of benzene rings is 3. The molecule has 5 nitrogen and oxygen atoms in total. The molecular formula is C31H23F4N3O2. The van der Waals surface area contributed by atoms with E-state index in [-0.39, 0.29) is 5.56 Å². The van der Waals surface area contributed by atoms with Crippen LogP contribution in [0.15, 0.2) is 97.2 Å². The molecule has 0 aliphatic heterocycles. The Morgan fingerprint density at radius 3 is 2.20 bits per heavy atom. The first-order valence-corrected chi connectivity index (χ1v) is 12.4. The Morgan fingerprint density at radius 1 is 0.850 bits per heavy atom. The zero-order valence-electron chi connectivity index (χ0n) is 21.2. The number of amides is 1. The standard InChI is InChI=1S/C31H23F4N3O2/c1-18(19-4-6-20(7-5-19)24-12-14-26(32)25(17-24)31(33,34)35)37-30(40)28(39)22-10-8-21(9-11-22)27-15-13-23-3-2-16-36-29(23)38-27/h2-18,28,39H,1H3,(H,37,40)/t18-,28?/m0/s1. The van der Waals surface area contributed by atoms with Crippen molar-refractivity contribution in [2.24, 2.45) is 0 Å². The Kier molecular flexibility index (Phi) is 7.32. The van der Waals surface area contributed by atoms with Crippen molar-refractivity contribution in [2.45, 2.75) is 25.2 Å². The number of nitrogens with one attached hydrogen (secondary N) is 1. The van der Waals surface area contributed by atoms with Crippen LogP contribution in [0.3, 0.4) is 0 Å². The summed E-state index contributed by atoms with van der Waals surface area (Å²) >= 11 is 0. The van der Waals surface area contributed by atoms with Crippen molar-refractivity contribution in [2.75, 3.05) is 0 Å². The summed E-state index contributed by atoms with van der Waals surface area (Å²) in [7, 11) is 0. The van der Waals surface area contributed by atoms with E-state index in [1.807, 2.05) is 24.3 Å². The topological polar surface area (TPSA) is 75.1 Å². The second-order valence-electron chi connectivity index (χ2n) is 9.32. The SMILES string of the molecule is C[C@H](NC(=O)C(O)c1ccc(-c2ccc3cccnc3n2)cc1)c1ccc(-c2ccc(F)c(C(F)(F)F)c2)cc1. The molecule has 5 aromatic rings. The average molecular weight is 546 g/mol. The van der Waals surface area contributed by atoms with E-state index in [0.29, 0.717) is 28.0 Å². The molecule has 202 valence electrons. The number of hydrogen-bond donors (Lipinski definition) is 2. The summed E-state index contributed by atoms with van der Waals surface area (Å²) in [6.07, 6.45) is -4.54. The minimum Gasteiger partial charge on any atom is -0.378 e. The van der Waals surface area contributed by atoms with Crippen LogP contribution in [-0.2, 0) is 11.0 Å². The van der Waals surface area contributed by atoms with E-state index in [4.69, 9.17) is 0 Å². The molecule has 40 heavy (non-hydrogen) atoms. The van der Waals surface area contributed by atoms with Crippen LogP contribution in [0.25, 0.3) is 33.4 Å². The van der Waals surface area contributed by atoms with E-state index in [1.165, 1.54) is 6.07 Å². The number of carbonyl (C=O) groups excluding carboxylic acids is 1. The highest BCUT2D eigenvalue weighted by atomic mass is 19.4. The highest BCUT2D eigenvalue weighted by Crippen LogP contribution is 2.34. The molecule has 2 heterocycles. The molecule has 0 radical (unpaired) electrons. The smallest absolute Gasteiger partial charge is 0.378 e. The number of aliphatic hydroxyl groups excluding tert-OH is 1. The highest BCUT2D eigenvalue weighted by molar-refractivity contribution is 5.83. The van der Waals surface area contributed by atoms with Gasteiger partial charge in [0.05, 0.1) is 17.3 Å². The number of nitrogens with zero attached hydrogens (tertiary/aromatic N) is 2. The van der Waals surface area contributed by atoms with E-state index in [2.05, 4.69) is 15.3 Å². The highest BCUT2D eigenvalue weighted by Gasteiger charge is 2.34. The van der Waals surface area contributed by atoms with Gasteiger partial charge in [-0.1, -0.05) is 54.6 Å². The van der Waals surface area contributed by atoms with Gasteiger partial charge in [0.2, 0.25) is 0 Å². The summed E-state index contributed by atoms with van der Waals surface area (Å²) in [5.74, 6) is -1.94. The molecule has 0 saturated carbocycles. The van der Waals surface area contributed by atoms with Gasteiger partial charge in [-0.3, -0.25) is 4.79 Å². The van der Waals surface area contributed by atoms with E-state index in [1.54, 1.807) is 61.7 Å². The van der Waals surface area contributed by atoms with Crippen LogP contribution in [0.4, 0.5) is 17.6 Å². The molecule has 9 heteroatoms. The molecule has 0 spiro atoms. The first-order chi connectivity index (χ1) is 19.1. The number of hydrogen-bond acceptors (Lipinski definition) is 4. The van der Waals surface area contributed by atoms with Gasteiger partial charge in [-0.15, -0.1) is 0 Å². The average Bonchev–Trinajstić information content (AvgIpc) is 2.96. The minimum absolute atomic E-state index is 0.214. The molecule has 1 unspecified atom stereocenters. The van der Waals surface area contributed by atoms with Gasteiger partial charge in [-0.2, -0.15) is 13.2 Å². The predicted molar refractivity (Wildman–Crippen MR) is 143 cm³/mol. The lowest BCUT2D eigenvalue weighted by atomic mass is 9.99. The molecule has 3 aromatic carbocycles. The van der Waals surface area contributed by atoms with Crippen LogP contribution in [0.5, 0.6) is 0 Å². The third-order valence-electron chi connectivity index (χ3n) is 6.61. The van der Waals surface area contributed by atoms with E-state index >= 15 is 0 Å². The number of fused-ring (bicyclic) bond motifs is 1. The Labute approximate surface area is 227 Å². The van der Waals surface area contributed by atoms with Crippen molar-refractivity contribution in [1.29, 1.82) is 0 Å². The summed E-state index contributed by atoms with van der Waals surface area (Å²) in [5, 5.41) is 14.3. The molecule has 1 amide bonds. The fraction of sp³-hybridized carbons (Fsp3) is 0.129. The van der Waals surface area contributed by atoms with E-state index in [0.717, 1.165) is 23.1 Å². The number of carbonyl (C=O) groups is 1. The van der Waals surface area contributed by atoms with Gasteiger partial charge in [0, 0.05) is 17.1 Å². The summed E-state index contributed by atoms with van der Waals surface area (Å²) in [6.45, 7) is 1.72. The number of aromatic nitrogens is 2. The lowest BCUT2D eigenvalue weighted by Gasteiger charge is -2.18. The number of alkyl halides is 3. The van der Waals surface area contributed by atoms with Crippen LogP contribution >= 0.6 is 0 Å². The van der Waals surface area contributed by atoms with Gasteiger partial charge in [-0.25, -0.2) is 14.4 Å². The summed E-state index contributed by atoms with van der Waals surface area (Å²) in [5.41, 5.74) is 2.56. The van der Waals surface area contributed by atoms with Crippen molar-refractivity contribution in [1.82, 2.24) is 15.3 Å². The van der Waals surface area contributed by atoms with Crippen LogP contribution < -0.4 is 5.32 Å². The van der Waals surface area contributed by atoms with Crippen molar-refractivity contribution in [3.8, 4) is 22.4 Å². The fourth-order valence-electron chi connectivity index (χ4n) is 4.36. The molecule has 0 fully saturated rings. The molecular weight excluding hydrogens is 522 g/mol. The fourth-order valence-corrected chi connectivity index (χ4v) is 4.36. The first-order valence-electron chi connectivity index (χ1n) is 12.4. The van der Waals surface area contributed by atoms with Crippen LogP contribution in [0.2, 0.25) is 0 Å². The lowest BCUT2D eigenvalue weighted by molar-refractivity contribution is -0.140. The number of aliphatic hydroxyl groups is 1. The summed E-state index contributed by atoms with van der Waals surface area (Å²) in [6, 6.07) is 23.2. The maximum atomic E-state index is 13.6.